The van der Waals surface area contributed by atoms with Crippen LogP contribution < -0.4 is 4.74 Å². The van der Waals surface area contributed by atoms with Gasteiger partial charge in [0.05, 0.1) is 30.6 Å². The van der Waals surface area contributed by atoms with Crippen molar-refractivity contribution in [1.29, 1.82) is 0 Å². The Hall–Kier alpha value is -1.48. The zero-order valence-corrected chi connectivity index (χ0v) is 9.58. The summed E-state index contributed by atoms with van der Waals surface area (Å²) in [6.07, 6.45) is 1.99. The number of carbonyl (C=O) groups is 1. The number of benzene rings is 1. The van der Waals surface area contributed by atoms with Gasteiger partial charge in [-0.05, 0) is 12.1 Å². The molecule has 1 heterocycles. The molecule has 0 radical (unpaired) electrons. The quantitative estimate of drug-likeness (QED) is 0.558. The molecule has 0 unspecified atom stereocenters. The van der Waals surface area contributed by atoms with Crippen molar-refractivity contribution in [3.63, 3.8) is 0 Å². The van der Waals surface area contributed by atoms with Gasteiger partial charge < -0.3 is 9.47 Å². The van der Waals surface area contributed by atoms with E-state index in [9.17, 15) is 4.79 Å². The van der Waals surface area contributed by atoms with E-state index >= 15 is 0 Å². The third-order valence-electron chi connectivity index (χ3n) is 2.38. The highest BCUT2D eigenvalue weighted by atomic mass is 35.5. The van der Waals surface area contributed by atoms with Crippen LogP contribution in [0.3, 0.4) is 0 Å². The zero-order chi connectivity index (χ0) is 11.5. The molecule has 0 fully saturated rings. The van der Waals surface area contributed by atoms with E-state index in [0.717, 1.165) is 0 Å². The number of carbonyl (C=O) groups excluding carboxylic acids is 1. The third kappa shape index (κ3) is 1.91. The van der Waals surface area contributed by atoms with Gasteiger partial charge in [0.15, 0.2) is 5.78 Å². The molecular weight excluding hydrogens is 228 g/mol. The summed E-state index contributed by atoms with van der Waals surface area (Å²) in [6, 6.07) is 5.15. The van der Waals surface area contributed by atoms with Gasteiger partial charge in [-0.1, -0.05) is 17.7 Å². The number of Topliss-reactive ketones (excluding diaryl/α,β-unsaturated/α-hetero) is 1. The van der Waals surface area contributed by atoms with E-state index in [0.29, 0.717) is 34.9 Å². The maximum absolute atomic E-state index is 12.1. The van der Waals surface area contributed by atoms with E-state index in [-0.39, 0.29) is 5.78 Å². The van der Waals surface area contributed by atoms with E-state index < -0.39 is 0 Å². The molecule has 84 valence electrons. The van der Waals surface area contributed by atoms with Crippen molar-refractivity contribution in [2.75, 3.05) is 13.7 Å². The van der Waals surface area contributed by atoms with Gasteiger partial charge in [0.1, 0.15) is 5.75 Å². The van der Waals surface area contributed by atoms with Crippen LogP contribution in [-0.4, -0.2) is 19.5 Å². The Morgan fingerprint density at radius 1 is 1.50 bits per heavy atom. The van der Waals surface area contributed by atoms with Crippen LogP contribution >= 0.6 is 11.6 Å². The molecule has 16 heavy (non-hydrogen) atoms. The smallest absolute Gasteiger partial charge is 0.195 e. The number of hydrogen-bond acceptors (Lipinski definition) is 3. The Kier molecular flexibility index (Phi) is 3.15. The van der Waals surface area contributed by atoms with Crippen LogP contribution in [0.25, 0.3) is 0 Å². The first kappa shape index (κ1) is 11.0. The third-order valence-corrected chi connectivity index (χ3v) is 2.68. The van der Waals surface area contributed by atoms with Gasteiger partial charge in [-0.25, -0.2) is 0 Å². The van der Waals surface area contributed by atoms with Crippen LogP contribution in [0.1, 0.15) is 16.8 Å². The lowest BCUT2D eigenvalue weighted by Crippen LogP contribution is -2.02. The summed E-state index contributed by atoms with van der Waals surface area (Å²) in [7, 11) is 1.52. The summed E-state index contributed by atoms with van der Waals surface area (Å²) in [5.74, 6) is 0.380. The van der Waals surface area contributed by atoms with Gasteiger partial charge in [0.2, 0.25) is 0 Å². The molecule has 0 saturated carbocycles. The Morgan fingerprint density at radius 3 is 3.06 bits per heavy atom. The second-order valence-corrected chi connectivity index (χ2v) is 3.83. The minimum Gasteiger partial charge on any atom is -0.504 e. The Morgan fingerprint density at radius 2 is 2.31 bits per heavy atom. The number of hydrogen-bond donors (Lipinski definition) is 0. The molecule has 0 amide bonds. The number of fused-ring (bicyclic) bond motifs is 1. The van der Waals surface area contributed by atoms with Gasteiger partial charge >= 0.3 is 0 Å². The number of rotatable bonds is 1. The van der Waals surface area contributed by atoms with Gasteiger partial charge in [-0.2, -0.15) is 0 Å². The first-order chi connectivity index (χ1) is 7.74. The second-order valence-electron chi connectivity index (χ2n) is 3.42. The van der Waals surface area contributed by atoms with Crippen molar-refractivity contribution >= 4 is 17.4 Å². The maximum Gasteiger partial charge on any atom is 0.195 e. The molecule has 1 aliphatic rings. The van der Waals surface area contributed by atoms with Crippen LogP contribution in [0.4, 0.5) is 0 Å². The fourth-order valence-electron chi connectivity index (χ4n) is 1.64. The SMILES string of the molecule is CO/C=C1/CCOc2c(Cl)cccc2C1=O. The number of para-hydroxylation sites is 1. The summed E-state index contributed by atoms with van der Waals surface area (Å²) in [4.78, 5) is 12.1. The predicted octanol–water partition coefficient (Wildman–Crippen LogP) is 2.84. The van der Waals surface area contributed by atoms with Crippen molar-refractivity contribution in [1.82, 2.24) is 0 Å². The summed E-state index contributed by atoms with van der Waals surface area (Å²) >= 11 is 5.98. The lowest BCUT2D eigenvalue weighted by molar-refractivity contribution is 0.102. The minimum absolute atomic E-state index is 0.0862. The van der Waals surface area contributed by atoms with E-state index in [1.165, 1.54) is 13.4 Å². The normalized spacial score (nSPS) is 17.6. The molecule has 0 N–H and O–H groups in total. The fraction of sp³-hybridized carbons (Fsp3) is 0.250. The first-order valence-electron chi connectivity index (χ1n) is 4.92. The largest absolute Gasteiger partial charge is 0.504 e. The van der Waals surface area contributed by atoms with Gasteiger partial charge in [0, 0.05) is 12.0 Å². The number of halogens is 1. The monoisotopic (exact) mass is 238 g/mol. The number of ketones is 1. The molecule has 4 heteroatoms. The van der Waals surface area contributed by atoms with Gasteiger partial charge in [-0.15, -0.1) is 0 Å². The Balaban J connectivity index is 2.50. The van der Waals surface area contributed by atoms with Crippen molar-refractivity contribution in [3.05, 3.63) is 40.6 Å². The molecule has 1 aromatic rings. The van der Waals surface area contributed by atoms with E-state index in [1.54, 1.807) is 18.2 Å². The van der Waals surface area contributed by atoms with Crippen molar-refractivity contribution in [2.45, 2.75) is 6.42 Å². The molecule has 0 spiro atoms. The fourth-order valence-corrected chi connectivity index (χ4v) is 1.87. The average Bonchev–Trinajstić information content (AvgIpc) is 2.43. The molecule has 3 nitrogen and oxygen atoms in total. The molecule has 0 saturated heterocycles. The number of ether oxygens (including phenoxy) is 2. The molecule has 2 rings (SSSR count). The summed E-state index contributed by atoms with van der Waals surface area (Å²) < 4.78 is 10.4. The molecular formula is C12H11ClO3. The van der Waals surface area contributed by atoms with Crippen LogP contribution in [0, 0.1) is 0 Å². The molecule has 0 atom stereocenters. The van der Waals surface area contributed by atoms with Crippen LogP contribution in [-0.2, 0) is 4.74 Å². The van der Waals surface area contributed by atoms with Crippen LogP contribution in [0.15, 0.2) is 30.0 Å². The van der Waals surface area contributed by atoms with Crippen molar-refractivity contribution in [2.24, 2.45) is 0 Å². The first-order valence-corrected chi connectivity index (χ1v) is 5.29. The Labute approximate surface area is 98.6 Å². The molecule has 0 aromatic heterocycles. The van der Waals surface area contributed by atoms with E-state index in [2.05, 4.69) is 0 Å². The lowest BCUT2D eigenvalue weighted by Gasteiger charge is -2.06. The highest BCUT2D eigenvalue weighted by molar-refractivity contribution is 6.33. The lowest BCUT2D eigenvalue weighted by atomic mass is 10.0. The standard InChI is InChI=1S/C12H11ClO3/c1-15-7-8-5-6-16-12-9(11(8)14)3-2-4-10(12)13/h2-4,7H,5-6H2,1H3/b8-7-. The molecule has 0 aliphatic carbocycles. The topological polar surface area (TPSA) is 35.5 Å². The molecule has 0 bridgehead atoms. The Bertz CT molecular complexity index is 452. The predicted molar refractivity (Wildman–Crippen MR) is 61.0 cm³/mol. The highest BCUT2D eigenvalue weighted by Crippen LogP contribution is 2.33. The summed E-state index contributed by atoms with van der Waals surface area (Å²) in [6.45, 7) is 0.428. The minimum atomic E-state index is -0.0862. The van der Waals surface area contributed by atoms with Gasteiger partial charge in [-0.3, -0.25) is 4.79 Å². The van der Waals surface area contributed by atoms with Crippen molar-refractivity contribution < 1.29 is 14.3 Å². The molecule has 1 aromatic carbocycles. The van der Waals surface area contributed by atoms with Crippen molar-refractivity contribution in [3.8, 4) is 5.75 Å². The number of methoxy groups -OCH3 is 1. The van der Waals surface area contributed by atoms with Crippen LogP contribution in [0.2, 0.25) is 5.02 Å². The average molecular weight is 239 g/mol. The molecule has 1 aliphatic heterocycles. The summed E-state index contributed by atoms with van der Waals surface area (Å²) in [5.41, 5.74) is 1.09. The maximum atomic E-state index is 12.1. The second kappa shape index (κ2) is 4.58. The highest BCUT2D eigenvalue weighted by Gasteiger charge is 2.22. The van der Waals surface area contributed by atoms with Gasteiger partial charge in [0.25, 0.3) is 0 Å². The van der Waals surface area contributed by atoms with E-state index in [1.807, 2.05) is 0 Å². The zero-order valence-electron chi connectivity index (χ0n) is 8.83. The van der Waals surface area contributed by atoms with E-state index in [4.69, 9.17) is 21.1 Å². The summed E-state index contributed by atoms with van der Waals surface area (Å²) in [5, 5.41) is 0.463. The van der Waals surface area contributed by atoms with Crippen LogP contribution in [0.5, 0.6) is 5.75 Å².